The zero-order valence-corrected chi connectivity index (χ0v) is 15.1. The van der Waals surface area contributed by atoms with Crippen molar-refractivity contribution in [3.8, 4) is 17.2 Å². The number of nitrogens with zero attached hydrogens (tertiary/aromatic N) is 3. The first-order valence-electron chi connectivity index (χ1n) is 8.51. The van der Waals surface area contributed by atoms with E-state index in [2.05, 4.69) is 26.7 Å². The van der Waals surface area contributed by atoms with E-state index < -0.39 is 0 Å². The van der Waals surface area contributed by atoms with Crippen LogP contribution in [0.2, 0.25) is 0 Å². The molecule has 0 aliphatic rings. The minimum absolute atomic E-state index is 0.396. The molecule has 1 aromatic carbocycles. The molecule has 0 bridgehead atoms. The fourth-order valence-electron chi connectivity index (χ4n) is 2.69. The van der Waals surface area contributed by atoms with E-state index >= 15 is 0 Å². The Labute approximate surface area is 155 Å². The van der Waals surface area contributed by atoms with Crippen molar-refractivity contribution in [1.82, 2.24) is 14.5 Å². The number of hydrogen-bond acceptors (Lipinski definition) is 5. The van der Waals surface area contributed by atoms with E-state index in [1.54, 1.807) is 17.6 Å². The Morgan fingerprint density at radius 1 is 1.15 bits per heavy atom. The van der Waals surface area contributed by atoms with E-state index in [9.17, 15) is 0 Å². The molecular weight excluding hydrogens is 346 g/mol. The van der Waals surface area contributed by atoms with E-state index in [1.165, 1.54) is 5.56 Å². The molecule has 5 nitrogen and oxygen atoms in total. The minimum Gasteiger partial charge on any atom is -0.487 e. The summed E-state index contributed by atoms with van der Waals surface area (Å²) in [6.07, 6.45) is 9.42. The van der Waals surface area contributed by atoms with Crippen molar-refractivity contribution in [3.63, 3.8) is 0 Å². The van der Waals surface area contributed by atoms with Crippen molar-refractivity contribution in [1.29, 1.82) is 0 Å². The maximum Gasteiger partial charge on any atom is 0.227 e. The molecule has 4 aromatic rings. The molecule has 132 valence electrons. The molecule has 3 heterocycles. The van der Waals surface area contributed by atoms with Crippen LogP contribution in [0.3, 0.4) is 0 Å². The van der Waals surface area contributed by atoms with Gasteiger partial charge in [-0.2, -0.15) is 11.3 Å². The van der Waals surface area contributed by atoms with Gasteiger partial charge in [-0.1, -0.05) is 12.1 Å². The molecule has 6 heteroatoms. The molecule has 0 amide bonds. The van der Waals surface area contributed by atoms with Crippen LogP contribution in [-0.2, 0) is 19.6 Å². The van der Waals surface area contributed by atoms with Gasteiger partial charge in [-0.15, -0.1) is 0 Å². The average molecular weight is 365 g/mol. The third-order valence-corrected chi connectivity index (χ3v) is 4.75. The molecule has 0 N–H and O–H groups in total. The van der Waals surface area contributed by atoms with Crippen LogP contribution >= 0.6 is 11.3 Å². The van der Waals surface area contributed by atoms with E-state index in [4.69, 9.17) is 9.15 Å². The highest BCUT2D eigenvalue weighted by atomic mass is 32.1. The fourth-order valence-corrected chi connectivity index (χ4v) is 3.32. The Balaban J connectivity index is 1.26. The predicted molar refractivity (Wildman–Crippen MR) is 101 cm³/mol. The third-order valence-electron chi connectivity index (χ3n) is 4.07. The molecule has 0 saturated carbocycles. The average Bonchev–Trinajstić information content (AvgIpc) is 3.42. The zero-order valence-electron chi connectivity index (χ0n) is 14.2. The highest BCUT2D eigenvalue weighted by Gasteiger charge is 2.07. The maximum atomic E-state index is 5.81. The van der Waals surface area contributed by atoms with Gasteiger partial charge >= 0.3 is 0 Å². The van der Waals surface area contributed by atoms with Crippen molar-refractivity contribution in [2.75, 3.05) is 0 Å². The first kappa shape index (κ1) is 16.6. The molecule has 0 aliphatic heterocycles. The summed E-state index contributed by atoms with van der Waals surface area (Å²) in [7, 11) is 0. The van der Waals surface area contributed by atoms with Gasteiger partial charge in [0.2, 0.25) is 5.89 Å². The number of aromatic nitrogens is 3. The van der Waals surface area contributed by atoms with E-state index in [0.717, 1.165) is 36.4 Å². The van der Waals surface area contributed by atoms with Gasteiger partial charge in [0.05, 0.1) is 6.33 Å². The summed E-state index contributed by atoms with van der Waals surface area (Å²) in [5.74, 6) is 1.47. The lowest BCUT2D eigenvalue weighted by Gasteiger charge is -2.06. The van der Waals surface area contributed by atoms with Gasteiger partial charge in [0.25, 0.3) is 0 Å². The van der Waals surface area contributed by atoms with Gasteiger partial charge in [0.15, 0.2) is 0 Å². The Morgan fingerprint density at radius 2 is 2.08 bits per heavy atom. The van der Waals surface area contributed by atoms with Gasteiger partial charge in [0, 0.05) is 29.9 Å². The van der Waals surface area contributed by atoms with Crippen LogP contribution in [0.25, 0.3) is 11.5 Å². The fraction of sp³-hybridized carbons (Fsp3) is 0.200. The summed E-state index contributed by atoms with van der Waals surface area (Å²) < 4.78 is 13.4. The lowest BCUT2D eigenvalue weighted by molar-refractivity contribution is 0.301. The maximum absolute atomic E-state index is 5.81. The number of imidazole rings is 1. The van der Waals surface area contributed by atoms with Gasteiger partial charge in [-0.3, -0.25) is 0 Å². The second-order valence-electron chi connectivity index (χ2n) is 5.99. The van der Waals surface area contributed by atoms with Crippen molar-refractivity contribution in [3.05, 3.63) is 77.3 Å². The van der Waals surface area contributed by atoms with Crippen LogP contribution in [0.15, 0.2) is 70.5 Å². The van der Waals surface area contributed by atoms with Crippen LogP contribution in [0.5, 0.6) is 5.75 Å². The molecule has 4 rings (SSSR count). The van der Waals surface area contributed by atoms with Crippen molar-refractivity contribution < 1.29 is 9.15 Å². The number of oxazole rings is 1. The summed E-state index contributed by atoms with van der Waals surface area (Å²) in [5.41, 5.74) is 3.09. The number of ether oxygens (including phenoxy) is 1. The summed E-state index contributed by atoms with van der Waals surface area (Å²) in [5, 5.41) is 4.02. The number of benzene rings is 1. The van der Waals surface area contributed by atoms with Crippen molar-refractivity contribution in [2.24, 2.45) is 0 Å². The molecule has 3 aromatic heterocycles. The summed E-state index contributed by atoms with van der Waals surface area (Å²) in [6, 6.07) is 10.2. The number of thiophene rings is 1. The smallest absolute Gasteiger partial charge is 0.227 e. The topological polar surface area (TPSA) is 53.1 Å². The number of aryl methyl sites for hydroxylation is 2. The van der Waals surface area contributed by atoms with Crippen molar-refractivity contribution in [2.45, 2.75) is 26.0 Å². The first-order valence-corrected chi connectivity index (χ1v) is 9.45. The zero-order chi connectivity index (χ0) is 17.6. The highest BCUT2D eigenvalue weighted by Crippen LogP contribution is 2.22. The summed E-state index contributed by atoms with van der Waals surface area (Å²) >= 11 is 1.62. The largest absolute Gasteiger partial charge is 0.487 e. The van der Waals surface area contributed by atoms with Crippen LogP contribution in [0, 0.1) is 0 Å². The highest BCUT2D eigenvalue weighted by molar-refractivity contribution is 7.08. The lowest BCUT2D eigenvalue weighted by atomic mass is 10.1. The van der Waals surface area contributed by atoms with Gasteiger partial charge in [0.1, 0.15) is 24.3 Å². The standard InChI is InChI=1S/C20H19N3O2S/c1(9-23-10-8-21-15-23)2-16-3-5-19(6-4-16)24-12-18-13-25-20(22-18)17-7-11-26-14-17/h3-8,10-11,13-15H,1-2,9,12H2. The quantitative estimate of drug-likeness (QED) is 0.449. The summed E-state index contributed by atoms with van der Waals surface area (Å²) in [4.78, 5) is 8.51. The molecule has 0 saturated heterocycles. The van der Waals surface area contributed by atoms with Gasteiger partial charge in [-0.25, -0.2) is 9.97 Å². The van der Waals surface area contributed by atoms with Crippen molar-refractivity contribution >= 4 is 11.3 Å². The Bertz CT molecular complexity index is 913. The van der Waals surface area contributed by atoms with E-state index in [1.807, 2.05) is 47.7 Å². The number of hydrogen-bond donors (Lipinski definition) is 0. The molecule has 0 fully saturated rings. The van der Waals surface area contributed by atoms with E-state index in [-0.39, 0.29) is 0 Å². The van der Waals surface area contributed by atoms with E-state index in [0.29, 0.717) is 12.5 Å². The predicted octanol–water partition coefficient (Wildman–Crippen LogP) is 4.81. The van der Waals surface area contributed by atoms with Crippen LogP contribution in [-0.4, -0.2) is 14.5 Å². The molecule has 0 spiro atoms. The molecule has 0 radical (unpaired) electrons. The molecule has 26 heavy (non-hydrogen) atoms. The first-order chi connectivity index (χ1) is 12.9. The molecule has 0 atom stereocenters. The molecule has 0 aliphatic carbocycles. The van der Waals surface area contributed by atoms with Gasteiger partial charge < -0.3 is 13.7 Å². The molecule has 0 unspecified atom stereocenters. The van der Waals surface area contributed by atoms with Crippen LogP contribution in [0.1, 0.15) is 17.7 Å². The Morgan fingerprint density at radius 3 is 2.85 bits per heavy atom. The van der Waals surface area contributed by atoms with Crippen LogP contribution in [0.4, 0.5) is 0 Å². The second-order valence-corrected chi connectivity index (χ2v) is 6.77. The Kier molecular flexibility index (Phi) is 5.12. The summed E-state index contributed by atoms with van der Waals surface area (Å²) in [6.45, 7) is 1.38. The monoisotopic (exact) mass is 365 g/mol. The second kappa shape index (κ2) is 8.01. The molecular formula is C20H19N3O2S. The normalized spacial score (nSPS) is 10.9. The SMILES string of the molecule is c1cn(CCCc2ccc(OCc3coc(-c4ccsc4)n3)cc2)cn1. The lowest BCUT2D eigenvalue weighted by Crippen LogP contribution is -1.98. The number of rotatable bonds is 8. The third kappa shape index (κ3) is 4.21. The van der Waals surface area contributed by atoms with Gasteiger partial charge in [-0.05, 0) is 42.0 Å². The Hall–Kier alpha value is -2.86. The van der Waals surface area contributed by atoms with Crippen LogP contribution < -0.4 is 4.74 Å². The minimum atomic E-state index is 0.396.